The number of nitrogen functional groups attached to an aromatic ring is 1. The Morgan fingerprint density at radius 1 is 1.12 bits per heavy atom. The van der Waals surface area contributed by atoms with Crippen LogP contribution in [0.4, 0.5) is 10.2 Å². The van der Waals surface area contributed by atoms with Crippen LogP contribution in [0, 0.1) is 17.1 Å². The van der Waals surface area contributed by atoms with Gasteiger partial charge in [0.15, 0.2) is 0 Å². The van der Waals surface area contributed by atoms with E-state index in [4.69, 9.17) is 11.0 Å². The summed E-state index contributed by atoms with van der Waals surface area (Å²) in [6.07, 6.45) is 1.35. The highest BCUT2D eigenvalue weighted by Crippen LogP contribution is 2.29. The highest BCUT2D eigenvalue weighted by atomic mass is 19.1. The molecule has 4 N–H and O–H groups in total. The molecule has 3 rings (SSSR count). The largest absolute Gasteiger partial charge is 0.384 e. The fraction of sp³-hybridized carbons (Fsp3) is 0. The van der Waals surface area contributed by atoms with Gasteiger partial charge in [-0.1, -0.05) is 12.1 Å². The Bertz CT molecular complexity index is 1070. The molecule has 2 heterocycles. The van der Waals surface area contributed by atoms with Crippen molar-refractivity contribution in [2.75, 3.05) is 5.73 Å². The maximum absolute atomic E-state index is 13.6. The molecule has 0 aliphatic carbocycles. The third-order valence-corrected chi connectivity index (χ3v) is 3.53. The molecule has 0 bridgehead atoms. The Morgan fingerprint density at radius 2 is 1.92 bits per heavy atom. The van der Waals surface area contributed by atoms with Crippen LogP contribution in [0.2, 0.25) is 0 Å². The Hall–Kier alpha value is -3.66. The summed E-state index contributed by atoms with van der Waals surface area (Å²) in [5, 5.41) is 9.15. The number of benzene rings is 1. The zero-order valence-electron chi connectivity index (χ0n) is 12.3. The van der Waals surface area contributed by atoms with Crippen molar-refractivity contribution >= 4 is 5.82 Å². The predicted octanol–water partition coefficient (Wildman–Crippen LogP) is 1.99. The number of hydrogen-bond acceptors (Lipinski definition) is 4. The van der Waals surface area contributed by atoms with Gasteiger partial charge in [0.05, 0.1) is 11.3 Å². The van der Waals surface area contributed by atoms with Crippen LogP contribution in [0.5, 0.6) is 0 Å². The van der Waals surface area contributed by atoms with E-state index >= 15 is 0 Å². The van der Waals surface area contributed by atoms with Crippen LogP contribution in [0.25, 0.3) is 22.4 Å². The van der Waals surface area contributed by atoms with Gasteiger partial charge in [0, 0.05) is 23.4 Å². The standard InChI is InChI=1S/C17H11FN4O2/c18-11-3-1-2-9(6-11)15-14(10-4-5-13(23)21-8-10)16(24)12(7-19)17(20)22-15/h1-6,8H,(H,21,23)(H3,20,22,24). The van der Waals surface area contributed by atoms with E-state index in [-0.39, 0.29) is 28.2 Å². The molecule has 24 heavy (non-hydrogen) atoms. The van der Waals surface area contributed by atoms with Gasteiger partial charge < -0.3 is 15.7 Å². The van der Waals surface area contributed by atoms with Gasteiger partial charge in [0.1, 0.15) is 23.3 Å². The number of anilines is 1. The summed E-state index contributed by atoms with van der Waals surface area (Å²) in [5.74, 6) is -0.585. The van der Waals surface area contributed by atoms with E-state index < -0.39 is 11.2 Å². The van der Waals surface area contributed by atoms with E-state index in [1.165, 1.54) is 36.5 Å². The average molecular weight is 322 g/mol. The summed E-state index contributed by atoms with van der Waals surface area (Å²) >= 11 is 0. The number of nitrogens with two attached hydrogens (primary N) is 1. The number of aromatic nitrogens is 2. The van der Waals surface area contributed by atoms with Gasteiger partial charge in [0.2, 0.25) is 11.0 Å². The van der Waals surface area contributed by atoms with Crippen molar-refractivity contribution < 1.29 is 4.39 Å². The summed E-state index contributed by atoms with van der Waals surface area (Å²) < 4.78 is 13.6. The number of hydrogen-bond donors (Lipinski definition) is 3. The highest BCUT2D eigenvalue weighted by molar-refractivity contribution is 5.83. The van der Waals surface area contributed by atoms with Crippen LogP contribution in [-0.4, -0.2) is 9.97 Å². The van der Waals surface area contributed by atoms with Crippen LogP contribution in [0.1, 0.15) is 5.56 Å². The van der Waals surface area contributed by atoms with Crippen LogP contribution < -0.4 is 16.7 Å². The van der Waals surface area contributed by atoms with Gasteiger partial charge >= 0.3 is 0 Å². The highest BCUT2D eigenvalue weighted by Gasteiger charge is 2.18. The lowest BCUT2D eigenvalue weighted by molar-refractivity contribution is 0.628. The fourth-order valence-electron chi connectivity index (χ4n) is 2.43. The quantitative estimate of drug-likeness (QED) is 0.669. The van der Waals surface area contributed by atoms with E-state index in [9.17, 15) is 14.0 Å². The Morgan fingerprint density at radius 3 is 2.54 bits per heavy atom. The second-order valence-electron chi connectivity index (χ2n) is 5.06. The van der Waals surface area contributed by atoms with Gasteiger partial charge in [-0.3, -0.25) is 9.59 Å². The van der Waals surface area contributed by atoms with Crippen molar-refractivity contribution in [2.24, 2.45) is 0 Å². The number of H-pyrrole nitrogens is 2. The molecule has 0 fully saturated rings. The lowest BCUT2D eigenvalue weighted by atomic mass is 9.98. The molecule has 7 heteroatoms. The van der Waals surface area contributed by atoms with Crippen molar-refractivity contribution in [1.29, 1.82) is 5.26 Å². The van der Waals surface area contributed by atoms with Gasteiger partial charge in [0.25, 0.3) is 0 Å². The molecule has 118 valence electrons. The normalized spacial score (nSPS) is 10.3. The number of nitriles is 1. The molecule has 0 atom stereocenters. The first-order valence-corrected chi connectivity index (χ1v) is 6.92. The number of aromatic amines is 2. The maximum Gasteiger partial charge on any atom is 0.247 e. The van der Waals surface area contributed by atoms with Crippen molar-refractivity contribution in [2.45, 2.75) is 0 Å². The van der Waals surface area contributed by atoms with E-state index in [0.29, 0.717) is 11.1 Å². The van der Waals surface area contributed by atoms with Crippen LogP contribution in [-0.2, 0) is 0 Å². The summed E-state index contributed by atoms with van der Waals surface area (Å²) in [4.78, 5) is 29.2. The van der Waals surface area contributed by atoms with Crippen LogP contribution in [0.15, 0.2) is 52.2 Å². The number of nitrogens with one attached hydrogen (secondary N) is 2. The number of nitrogens with zero attached hydrogens (tertiary/aromatic N) is 1. The third kappa shape index (κ3) is 2.57. The van der Waals surface area contributed by atoms with E-state index in [0.717, 1.165) is 0 Å². The summed E-state index contributed by atoms with van der Waals surface area (Å²) in [6.45, 7) is 0. The minimum Gasteiger partial charge on any atom is -0.384 e. The summed E-state index contributed by atoms with van der Waals surface area (Å²) in [6, 6.07) is 10.1. The molecule has 0 saturated heterocycles. The fourth-order valence-corrected chi connectivity index (χ4v) is 2.43. The molecular weight excluding hydrogens is 311 g/mol. The van der Waals surface area contributed by atoms with Gasteiger partial charge in [-0.05, 0) is 18.2 Å². The molecule has 2 aromatic heterocycles. The molecule has 0 radical (unpaired) electrons. The zero-order valence-corrected chi connectivity index (χ0v) is 12.3. The van der Waals surface area contributed by atoms with Crippen molar-refractivity contribution in [3.8, 4) is 28.5 Å². The summed E-state index contributed by atoms with van der Waals surface area (Å²) in [7, 11) is 0. The molecule has 0 saturated carbocycles. The molecule has 1 aromatic carbocycles. The minimum atomic E-state index is -0.597. The maximum atomic E-state index is 13.6. The lowest BCUT2D eigenvalue weighted by Crippen LogP contribution is -2.16. The number of halogens is 1. The Labute approximate surface area is 135 Å². The van der Waals surface area contributed by atoms with E-state index in [2.05, 4.69) is 9.97 Å². The molecule has 6 nitrogen and oxygen atoms in total. The van der Waals surface area contributed by atoms with Crippen LogP contribution in [0.3, 0.4) is 0 Å². The van der Waals surface area contributed by atoms with E-state index in [1.54, 1.807) is 12.1 Å². The van der Waals surface area contributed by atoms with Crippen molar-refractivity contribution in [3.05, 3.63) is 74.6 Å². The predicted molar refractivity (Wildman–Crippen MR) is 87.6 cm³/mol. The first kappa shape index (κ1) is 15.2. The molecule has 0 aliphatic rings. The molecule has 0 unspecified atom stereocenters. The molecule has 0 spiro atoms. The second-order valence-corrected chi connectivity index (χ2v) is 5.06. The van der Waals surface area contributed by atoms with E-state index in [1.807, 2.05) is 0 Å². The number of pyridine rings is 2. The van der Waals surface area contributed by atoms with Gasteiger partial charge in [-0.2, -0.15) is 5.26 Å². The number of rotatable bonds is 2. The topological polar surface area (TPSA) is 116 Å². The zero-order chi connectivity index (χ0) is 17.3. The van der Waals surface area contributed by atoms with Crippen molar-refractivity contribution in [1.82, 2.24) is 9.97 Å². The van der Waals surface area contributed by atoms with Crippen LogP contribution >= 0.6 is 0 Å². The Balaban J connectivity index is 2.41. The average Bonchev–Trinajstić information content (AvgIpc) is 2.56. The molecule has 3 aromatic rings. The molecule has 0 aliphatic heterocycles. The third-order valence-electron chi connectivity index (χ3n) is 3.53. The minimum absolute atomic E-state index is 0.102. The second kappa shape index (κ2) is 5.85. The molecular formula is C17H11FN4O2. The monoisotopic (exact) mass is 322 g/mol. The molecule has 0 amide bonds. The lowest BCUT2D eigenvalue weighted by Gasteiger charge is -2.12. The summed E-state index contributed by atoms with van der Waals surface area (Å²) in [5.41, 5.74) is 5.75. The Kier molecular flexibility index (Phi) is 3.72. The smallest absolute Gasteiger partial charge is 0.247 e. The first-order valence-electron chi connectivity index (χ1n) is 6.92. The van der Waals surface area contributed by atoms with Crippen molar-refractivity contribution in [3.63, 3.8) is 0 Å². The van der Waals surface area contributed by atoms with Gasteiger partial charge in [-0.15, -0.1) is 0 Å². The van der Waals surface area contributed by atoms with Gasteiger partial charge in [-0.25, -0.2) is 4.39 Å². The SMILES string of the molecule is N#Cc1c(N)[nH]c(-c2cccc(F)c2)c(-c2ccc(=O)[nH]c2)c1=O. The first-order chi connectivity index (χ1) is 11.5.